The average molecular weight is 365 g/mol. The van der Waals surface area contributed by atoms with Gasteiger partial charge in [-0.25, -0.2) is 9.48 Å². The topological polar surface area (TPSA) is 90.3 Å². The summed E-state index contributed by atoms with van der Waals surface area (Å²) in [5.41, 5.74) is 0.844. The number of esters is 1. The molecule has 0 aliphatic carbocycles. The number of ether oxygens (including phenoxy) is 1. The van der Waals surface area contributed by atoms with Gasteiger partial charge in [0.15, 0.2) is 5.69 Å². The molecule has 27 heavy (non-hydrogen) atoms. The Morgan fingerprint density at radius 1 is 1.04 bits per heavy atom. The van der Waals surface area contributed by atoms with Gasteiger partial charge in [0.1, 0.15) is 0 Å². The second-order valence-electron chi connectivity index (χ2n) is 5.77. The van der Waals surface area contributed by atoms with Crippen molar-refractivity contribution in [3.05, 3.63) is 70.1 Å². The predicted molar refractivity (Wildman–Crippen MR) is 102 cm³/mol. The van der Waals surface area contributed by atoms with E-state index < -0.39 is 11.9 Å². The minimum Gasteiger partial charge on any atom is -0.462 e. The molecule has 138 valence electrons. The number of anilines is 1. The molecule has 7 heteroatoms. The maximum atomic E-state index is 12.7. The van der Waals surface area contributed by atoms with E-state index in [2.05, 4.69) is 10.4 Å². The average Bonchev–Trinajstić information content (AvgIpc) is 2.69. The molecule has 1 N–H and O–H groups in total. The van der Waals surface area contributed by atoms with E-state index in [0.29, 0.717) is 35.2 Å². The lowest BCUT2D eigenvalue weighted by Gasteiger charge is -2.10. The van der Waals surface area contributed by atoms with Crippen molar-refractivity contribution >= 4 is 28.3 Å². The lowest BCUT2D eigenvalue weighted by atomic mass is 10.1. The van der Waals surface area contributed by atoms with Gasteiger partial charge >= 0.3 is 5.97 Å². The standard InChI is InChI=1S/C20H19N3O4/c1-3-23-19(25)16-8-6-5-7-15(16)17(22-23)18(24)21-14-11-9-13(10-12-14)20(26)27-4-2/h5-12H,3-4H2,1-2H3,(H,21,24). The van der Waals surface area contributed by atoms with Crippen LogP contribution in [0.25, 0.3) is 10.8 Å². The number of hydrogen-bond acceptors (Lipinski definition) is 5. The highest BCUT2D eigenvalue weighted by molar-refractivity contribution is 6.11. The summed E-state index contributed by atoms with van der Waals surface area (Å²) in [4.78, 5) is 36.8. The van der Waals surface area contributed by atoms with E-state index in [0.717, 1.165) is 0 Å². The first-order valence-corrected chi connectivity index (χ1v) is 8.63. The molecule has 0 fully saturated rings. The van der Waals surface area contributed by atoms with Gasteiger partial charge < -0.3 is 10.1 Å². The molecule has 7 nitrogen and oxygen atoms in total. The molecule has 0 saturated carbocycles. The summed E-state index contributed by atoms with van der Waals surface area (Å²) < 4.78 is 6.20. The van der Waals surface area contributed by atoms with Gasteiger partial charge in [-0.1, -0.05) is 18.2 Å². The van der Waals surface area contributed by atoms with E-state index in [1.807, 2.05) is 0 Å². The van der Waals surface area contributed by atoms with Gasteiger partial charge in [-0.3, -0.25) is 9.59 Å². The molecule has 0 unspecified atom stereocenters. The minimum absolute atomic E-state index is 0.168. The van der Waals surface area contributed by atoms with E-state index in [1.165, 1.54) is 4.68 Å². The third kappa shape index (κ3) is 3.72. The number of amides is 1. The Balaban J connectivity index is 1.92. The number of rotatable bonds is 5. The molecule has 1 heterocycles. The van der Waals surface area contributed by atoms with Gasteiger partial charge in [-0.15, -0.1) is 0 Å². The SMILES string of the molecule is CCOC(=O)c1ccc(NC(=O)c2nn(CC)c(=O)c3ccccc23)cc1. The number of aryl methyl sites for hydroxylation is 1. The zero-order valence-corrected chi connectivity index (χ0v) is 15.1. The first kappa shape index (κ1) is 18.3. The fourth-order valence-electron chi connectivity index (χ4n) is 2.71. The van der Waals surface area contributed by atoms with Crippen LogP contribution in [0.3, 0.4) is 0 Å². The van der Waals surface area contributed by atoms with Crippen LogP contribution in [-0.4, -0.2) is 28.3 Å². The summed E-state index contributed by atoms with van der Waals surface area (Å²) >= 11 is 0. The normalized spacial score (nSPS) is 10.6. The highest BCUT2D eigenvalue weighted by Gasteiger charge is 2.16. The minimum atomic E-state index is -0.433. The van der Waals surface area contributed by atoms with E-state index in [9.17, 15) is 14.4 Å². The number of fused-ring (bicyclic) bond motifs is 1. The van der Waals surface area contributed by atoms with Gasteiger partial charge in [0, 0.05) is 17.6 Å². The van der Waals surface area contributed by atoms with Crippen LogP contribution in [-0.2, 0) is 11.3 Å². The van der Waals surface area contributed by atoms with Gasteiger partial charge in [-0.2, -0.15) is 5.10 Å². The number of aromatic nitrogens is 2. The van der Waals surface area contributed by atoms with E-state index in [1.54, 1.807) is 62.4 Å². The third-order valence-corrected chi connectivity index (χ3v) is 4.04. The van der Waals surface area contributed by atoms with Gasteiger partial charge in [0.2, 0.25) is 0 Å². The van der Waals surface area contributed by atoms with Crippen molar-refractivity contribution in [1.82, 2.24) is 9.78 Å². The zero-order chi connectivity index (χ0) is 19.4. The molecule has 0 aliphatic rings. The second kappa shape index (κ2) is 7.82. The van der Waals surface area contributed by atoms with E-state index in [4.69, 9.17) is 4.74 Å². The molecular formula is C20H19N3O4. The summed E-state index contributed by atoms with van der Waals surface area (Å²) in [5.74, 6) is -0.852. The van der Waals surface area contributed by atoms with E-state index in [-0.39, 0.29) is 11.3 Å². The fraction of sp³-hybridized carbons (Fsp3) is 0.200. The third-order valence-electron chi connectivity index (χ3n) is 4.04. The molecule has 0 spiro atoms. The molecule has 2 aromatic carbocycles. The summed E-state index contributed by atoms with van der Waals surface area (Å²) in [6.45, 7) is 4.18. The molecule has 1 aromatic heterocycles. The van der Waals surface area contributed by atoms with Crippen molar-refractivity contribution in [2.45, 2.75) is 20.4 Å². The molecule has 1 amide bonds. The van der Waals surface area contributed by atoms with Crippen molar-refractivity contribution < 1.29 is 14.3 Å². The summed E-state index contributed by atoms with van der Waals surface area (Å²) in [7, 11) is 0. The largest absolute Gasteiger partial charge is 0.462 e. The Morgan fingerprint density at radius 3 is 2.33 bits per heavy atom. The summed E-state index contributed by atoms with van der Waals surface area (Å²) in [5, 5.41) is 7.89. The Bertz CT molecular complexity index is 1060. The van der Waals surface area contributed by atoms with Crippen LogP contribution in [0.2, 0.25) is 0 Å². The van der Waals surface area contributed by atoms with Crippen molar-refractivity contribution in [2.24, 2.45) is 0 Å². The van der Waals surface area contributed by atoms with Gasteiger partial charge in [0.05, 0.1) is 17.6 Å². The Morgan fingerprint density at radius 2 is 1.70 bits per heavy atom. The quantitative estimate of drug-likeness (QED) is 0.702. The van der Waals surface area contributed by atoms with Crippen molar-refractivity contribution in [3.63, 3.8) is 0 Å². The highest BCUT2D eigenvalue weighted by atomic mass is 16.5. The van der Waals surface area contributed by atoms with Crippen LogP contribution in [0.4, 0.5) is 5.69 Å². The Hall–Kier alpha value is -3.48. The maximum Gasteiger partial charge on any atom is 0.338 e. The molecule has 0 aliphatic heterocycles. The molecule has 3 rings (SSSR count). The smallest absolute Gasteiger partial charge is 0.338 e. The second-order valence-corrected chi connectivity index (χ2v) is 5.77. The molecule has 0 bridgehead atoms. The van der Waals surface area contributed by atoms with Crippen molar-refractivity contribution in [3.8, 4) is 0 Å². The molecule has 0 radical (unpaired) electrons. The lowest BCUT2D eigenvalue weighted by Crippen LogP contribution is -2.27. The van der Waals surface area contributed by atoms with Crippen LogP contribution in [0.1, 0.15) is 34.7 Å². The molecule has 0 atom stereocenters. The highest BCUT2D eigenvalue weighted by Crippen LogP contribution is 2.16. The number of carbonyl (C=O) groups excluding carboxylic acids is 2. The van der Waals surface area contributed by atoms with Crippen LogP contribution >= 0.6 is 0 Å². The van der Waals surface area contributed by atoms with Gasteiger partial charge in [-0.05, 0) is 44.2 Å². The Kier molecular flexibility index (Phi) is 5.30. The van der Waals surface area contributed by atoms with Crippen LogP contribution in [0.5, 0.6) is 0 Å². The number of hydrogen-bond donors (Lipinski definition) is 1. The monoisotopic (exact) mass is 365 g/mol. The van der Waals surface area contributed by atoms with Crippen LogP contribution < -0.4 is 10.9 Å². The number of nitrogens with zero attached hydrogens (tertiary/aromatic N) is 2. The first-order valence-electron chi connectivity index (χ1n) is 8.63. The zero-order valence-electron chi connectivity index (χ0n) is 15.1. The fourth-order valence-corrected chi connectivity index (χ4v) is 2.71. The van der Waals surface area contributed by atoms with Crippen LogP contribution in [0.15, 0.2) is 53.3 Å². The Labute approximate surface area is 155 Å². The van der Waals surface area contributed by atoms with Gasteiger partial charge in [0.25, 0.3) is 11.5 Å². The number of benzene rings is 2. The van der Waals surface area contributed by atoms with Crippen molar-refractivity contribution in [1.29, 1.82) is 0 Å². The van der Waals surface area contributed by atoms with Crippen molar-refractivity contribution in [2.75, 3.05) is 11.9 Å². The summed E-state index contributed by atoms with van der Waals surface area (Å²) in [6.07, 6.45) is 0. The molecule has 3 aromatic rings. The lowest BCUT2D eigenvalue weighted by molar-refractivity contribution is 0.0526. The van der Waals surface area contributed by atoms with E-state index >= 15 is 0 Å². The molecular weight excluding hydrogens is 346 g/mol. The molecule has 0 saturated heterocycles. The predicted octanol–water partition coefficient (Wildman–Crippen LogP) is 2.85. The summed E-state index contributed by atoms with van der Waals surface area (Å²) in [6, 6.07) is 13.3. The first-order chi connectivity index (χ1) is 13.0. The number of nitrogens with one attached hydrogen (secondary N) is 1. The van der Waals surface area contributed by atoms with Crippen LogP contribution in [0, 0.1) is 0 Å². The number of carbonyl (C=O) groups is 2. The maximum absolute atomic E-state index is 12.7.